The highest BCUT2D eigenvalue weighted by Crippen LogP contribution is 2.36. The monoisotopic (exact) mass is 286 g/mol. The first-order valence-electron chi connectivity index (χ1n) is 6.66. The van der Waals surface area contributed by atoms with E-state index in [4.69, 9.17) is 0 Å². The number of aromatic amines is 1. The van der Waals surface area contributed by atoms with E-state index in [9.17, 15) is 14.7 Å². The Kier molecular flexibility index (Phi) is 3.17. The molecule has 0 fully saturated rings. The van der Waals surface area contributed by atoms with E-state index in [2.05, 4.69) is 15.2 Å². The van der Waals surface area contributed by atoms with Crippen molar-refractivity contribution in [3.8, 4) is 0 Å². The average molecular weight is 286 g/mol. The Hall–Kier alpha value is -2.70. The highest BCUT2D eigenvalue weighted by atomic mass is 16.4. The first-order valence-corrected chi connectivity index (χ1v) is 6.66. The lowest BCUT2D eigenvalue weighted by Crippen LogP contribution is -2.32. The predicted octanol–water partition coefficient (Wildman–Crippen LogP) is 1.20. The molecule has 1 aromatic heterocycles. The fourth-order valence-corrected chi connectivity index (χ4v) is 2.48. The molecular formula is C14H14N4O3. The third kappa shape index (κ3) is 2.16. The SMILES string of the molecule is CCc1nc(C(=O)N2CC(C(=O)O)c3ccccc32)n[nH]1. The molecule has 0 radical (unpaired) electrons. The Labute approximate surface area is 120 Å². The summed E-state index contributed by atoms with van der Waals surface area (Å²) in [5.74, 6) is -1.35. The summed E-state index contributed by atoms with van der Waals surface area (Å²) in [4.78, 5) is 29.4. The number of aromatic nitrogens is 3. The zero-order valence-electron chi connectivity index (χ0n) is 11.4. The van der Waals surface area contributed by atoms with E-state index in [-0.39, 0.29) is 18.3 Å². The summed E-state index contributed by atoms with van der Waals surface area (Å²) in [7, 11) is 0. The Morgan fingerprint density at radius 3 is 2.86 bits per heavy atom. The van der Waals surface area contributed by atoms with E-state index in [0.29, 0.717) is 23.5 Å². The summed E-state index contributed by atoms with van der Waals surface area (Å²) < 4.78 is 0. The van der Waals surface area contributed by atoms with Gasteiger partial charge in [0, 0.05) is 18.7 Å². The summed E-state index contributed by atoms with van der Waals surface area (Å²) in [6.45, 7) is 2.00. The van der Waals surface area contributed by atoms with Crippen LogP contribution in [-0.2, 0) is 11.2 Å². The van der Waals surface area contributed by atoms with E-state index in [1.807, 2.05) is 6.92 Å². The molecule has 21 heavy (non-hydrogen) atoms. The zero-order valence-corrected chi connectivity index (χ0v) is 11.4. The predicted molar refractivity (Wildman–Crippen MR) is 74.3 cm³/mol. The average Bonchev–Trinajstić information content (AvgIpc) is 3.11. The highest BCUT2D eigenvalue weighted by molar-refractivity contribution is 6.06. The Morgan fingerprint density at radius 1 is 1.43 bits per heavy atom. The molecule has 0 saturated carbocycles. The fraction of sp³-hybridized carbons (Fsp3) is 0.286. The summed E-state index contributed by atoms with van der Waals surface area (Å²) >= 11 is 0. The van der Waals surface area contributed by atoms with E-state index in [0.717, 1.165) is 0 Å². The normalized spacial score (nSPS) is 16.8. The van der Waals surface area contributed by atoms with Crippen LogP contribution >= 0.6 is 0 Å². The third-order valence-corrected chi connectivity index (χ3v) is 3.57. The summed E-state index contributed by atoms with van der Waals surface area (Å²) in [6.07, 6.45) is 0.647. The van der Waals surface area contributed by atoms with Crippen LogP contribution in [0.25, 0.3) is 0 Å². The maximum Gasteiger partial charge on any atom is 0.312 e. The lowest BCUT2D eigenvalue weighted by Gasteiger charge is -2.15. The van der Waals surface area contributed by atoms with Crippen molar-refractivity contribution in [2.45, 2.75) is 19.3 Å². The molecule has 0 spiro atoms. The first-order chi connectivity index (χ1) is 10.1. The molecule has 1 aliphatic heterocycles. The van der Waals surface area contributed by atoms with Crippen LogP contribution in [0.4, 0.5) is 5.69 Å². The number of nitrogens with one attached hydrogen (secondary N) is 1. The second-order valence-corrected chi connectivity index (χ2v) is 4.82. The van der Waals surface area contributed by atoms with Crippen molar-refractivity contribution in [1.82, 2.24) is 15.2 Å². The number of amides is 1. The standard InChI is InChI=1S/C14H14N4O3/c1-2-11-15-12(17-16-11)13(19)18-7-9(14(20)21)8-5-3-4-6-10(8)18/h3-6,9H,2,7H2,1H3,(H,20,21)(H,15,16,17). The molecule has 1 atom stereocenters. The van der Waals surface area contributed by atoms with Gasteiger partial charge in [0.25, 0.3) is 5.91 Å². The van der Waals surface area contributed by atoms with Crippen molar-refractivity contribution in [2.24, 2.45) is 0 Å². The van der Waals surface area contributed by atoms with Gasteiger partial charge in [-0.25, -0.2) is 4.98 Å². The first kappa shape index (κ1) is 13.3. The number of carbonyl (C=O) groups is 2. The van der Waals surface area contributed by atoms with Gasteiger partial charge >= 0.3 is 5.97 Å². The quantitative estimate of drug-likeness (QED) is 0.883. The van der Waals surface area contributed by atoms with Gasteiger partial charge in [-0.05, 0) is 11.6 Å². The maximum absolute atomic E-state index is 12.5. The number of anilines is 1. The van der Waals surface area contributed by atoms with Crippen molar-refractivity contribution < 1.29 is 14.7 Å². The Bertz CT molecular complexity index is 710. The van der Waals surface area contributed by atoms with E-state index < -0.39 is 11.9 Å². The van der Waals surface area contributed by atoms with Crippen molar-refractivity contribution in [1.29, 1.82) is 0 Å². The van der Waals surface area contributed by atoms with Crippen LogP contribution in [-0.4, -0.2) is 38.7 Å². The maximum atomic E-state index is 12.5. The molecule has 1 aliphatic rings. The molecule has 7 heteroatoms. The highest BCUT2D eigenvalue weighted by Gasteiger charge is 2.37. The number of carbonyl (C=O) groups excluding carboxylic acids is 1. The van der Waals surface area contributed by atoms with Gasteiger partial charge in [0.1, 0.15) is 11.7 Å². The van der Waals surface area contributed by atoms with Crippen LogP contribution in [0, 0.1) is 0 Å². The molecule has 0 saturated heterocycles. The number of nitrogens with zero attached hydrogens (tertiary/aromatic N) is 3. The molecule has 2 N–H and O–H groups in total. The minimum atomic E-state index is -0.943. The molecule has 1 unspecified atom stereocenters. The number of rotatable bonds is 3. The van der Waals surface area contributed by atoms with Gasteiger partial charge in [-0.2, -0.15) is 0 Å². The van der Waals surface area contributed by atoms with Gasteiger partial charge in [0.15, 0.2) is 0 Å². The molecule has 0 bridgehead atoms. The number of aryl methyl sites for hydroxylation is 1. The van der Waals surface area contributed by atoms with E-state index >= 15 is 0 Å². The number of hydrogen-bond donors (Lipinski definition) is 2. The largest absolute Gasteiger partial charge is 0.481 e. The van der Waals surface area contributed by atoms with Gasteiger partial charge < -0.3 is 10.0 Å². The van der Waals surface area contributed by atoms with Crippen molar-refractivity contribution >= 4 is 17.6 Å². The molecule has 7 nitrogen and oxygen atoms in total. The lowest BCUT2D eigenvalue weighted by molar-refractivity contribution is -0.138. The Balaban J connectivity index is 1.96. The second-order valence-electron chi connectivity index (χ2n) is 4.82. The molecule has 108 valence electrons. The van der Waals surface area contributed by atoms with Gasteiger partial charge in [0.2, 0.25) is 5.82 Å². The van der Waals surface area contributed by atoms with Crippen LogP contribution < -0.4 is 4.90 Å². The topological polar surface area (TPSA) is 99.2 Å². The molecule has 1 amide bonds. The Morgan fingerprint density at radius 2 is 2.19 bits per heavy atom. The summed E-state index contributed by atoms with van der Waals surface area (Å²) in [6, 6.07) is 7.02. The van der Waals surface area contributed by atoms with Gasteiger partial charge in [-0.1, -0.05) is 25.1 Å². The number of para-hydroxylation sites is 1. The van der Waals surface area contributed by atoms with Crippen LogP contribution in [0.3, 0.4) is 0 Å². The number of fused-ring (bicyclic) bond motifs is 1. The van der Waals surface area contributed by atoms with Crippen molar-refractivity contribution in [3.63, 3.8) is 0 Å². The molecular weight excluding hydrogens is 272 g/mol. The van der Waals surface area contributed by atoms with Gasteiger partial charge in [0.05, 0.1) is 0 Å². The summed E-state index contributed by atoms with van der Waals surface area (Å²) in [5, 5.41) is 15.9. The van der Waals surface area contributed by atoms with Crippen LogP contribution in [0.5, 0.6) is 0 Å². The summed E-state index contributed by atoms with van der Waals surface area (Å²) in [5.41, 5.74) is 1.25. The number of carboxylic acid groups (broad SMARTS) is 1. The number of benzene rings is 1. The number of hydrogen-bond acceptors (Lipinski definition) is 4. The lowest BCUT2D eigenvalue weighted by atomic mass is 10.0. The smallest absolute Gasteiger partial charge is 0.312 e. The second kappa shape index (κ2) is 5.01. The van der Waals surface area contributed by atoms with E-state index in [1.54, 1.807) is 24.3 Å². The molecule has 0 aliphatic carbocycles. The van der Waals surface area contributed by atoms with Crippen LogP contribution in [0.15, 0.2) is 24.3 Å². The van der Waals surface area contributed by atoms with Crippen LogP contribution in [0.1, 0.15) is 34.8 Å². The third-order valence-electron chi connectivity index (χ3n) is 3.57. The fourth-order valence-electron chi connectivity index (χ4n) is 2.48. The van der Waals surface area contributed by atoms with Gasteiger partial charge in [-0.15, -0.1) is 5.10 Å². The number of aliphatic carboxylic acids is 1. The van der Waals surface area contributed by atoms with Crippen molar-refractivity contribution in [3.05, 3.63) is 41.5 Å². The van der Waals surface area contributed by atoms with E-state index in [1.165, 1.54) is 4.90 Å². The van der Waals surface area contributed by atoms with Gasteiger partial charge in [-0.3, -0.25) is 14.7 Å². The molecule has 2 heterocycles. The molecule has 1 aromatic carbocycles. The zero-order chi connectivity index (χ0) is 15.0. The minimum absolute atomic E-state index is 0.0627. The molecule has 3 rings (SSSR count). The van der Waals surface area contributed by atoms with Crippen LogP contribution in [0.2, 0.25) is 0 Å². The van der Waals surface area contributed by atoms with Crippen molar-refractivity contribution in [2.75, 3.05) is 11.4 Å². The number of H-pyrrole nitrogens is 1. The number of carboxylic acids is 1. The minimum Gasteiger partial charge on any atom is -0.481 e. The molecule has 2 aromatic rings.